The highest BCUT2D eigenvalue weighted by molar-refractivity contribution is 7.96. The Morgan fingerprint density at radius 3 is 2.54 bits per heavy atom. The van der Waals surface area contributed by atoms with Gasteiger partial charge < -0.3 is 5.32 Å². The lowest BCUT2D eigenvalue weighted by Crippen LogP contribution is -2.41. The maximum atomic E-state index is 10.8. The molecule has 0 heterocycles. The predicted molar refractivity (Wildman–Crippen MR) is 58.1 cm³/mol. The van der Waals surface area contributed by atoms with E-state index in [-0.39, 0.29) is 5.24 Å². The normalized spacial score (nSPS) is 32.6. The van der Waals surface area contributed by atoms with Crippen LogP contribution in [0.25, 0.3) is 0 Å². The van der Waals surface area contributed by atoms with E-state index in [4.69, 9.17) is 0 Å². The second-order valence-corrected chi connectivity index (χ2v) is 5.47. The molecule has 0 radical (unpaired) electrons. The zero-order valence-corrected chi connectivity index (χ0v) is 9.53. The standard InChI is InChI=1S/C10H19NOS/c1-7-4-8(11-9(12)13)6-10(2,3)5-7/h7-8H,4-6H2,1-3H3,(H2,11,12,13). The van der Waals surface area contributed by atoms with Gasteiger partial charge in [-0.25, -0.2) is 0 Å². The van der Waals surface area contributed by atoms with Gasteiger partial charge in [0.2, 0.25) is 0 Å². The second-order valence-electron chi connectivity index (χ2n) is 5.06. The van der Waals surface area contributed by atoms with Crippen molar-refractivity contribution in [3.63, 3.8) is 0 Å². The van der Waals surface area contributed by atoms with Gasteiger partial charge in [0.15, 0.2) is 0 Å². The minimum absolute atomic E-state index is 0.199. The van der Waals surface area contributed by atoms with E-state index >= 15 is 0 Å². The molecule has 1 N–H and O–H groups in total. The summed E-state index contributed by atoms with van der Waals surface area (Å²) in [6.45, 7) is 6.78. The first-order chi connectivity index (χ1) is 5.89. The Hall–Kier alpha value is -0.180. The third-order valence-electron chi connectivity index (χ3n) is 2.71. The fourth-order valence-electron chi connectivity index (χ4n) is 2.63. The van der Waals surface area contributed by atoms with Gasteiger partial charge in [-0.15, -0.1) is 0 Å². The SMILES string of the molecule is CC1CC(NC(=O)S)CC(C)(C)C1. The molecule has 1 aliphatic carbocycles. The molecule has 1 aliphatic rings. The molecule has 13 heavy (non-hydrogen) atoms. The quantitative estimate of drug-likeness (QED) is 0.628. The fourth-order valence-corrected chi connectivity index (χ4v) is 2.81. The average Bonchev–Trinajstić information content (AvgIpc) is 1.78. The van der Waals surface area contributed by atoms with E-state index in [1.807, 2.05) is 0 Å². The van der Waals surface area contributed by atoms with Crippen molar-refractivity contribution in [2.75, 3.05) is 0 Å². The molecule has 0 bridgehead atoms. The minimum atomic E-state index is -0.199. The van der Waals surface area contributed by atoms with Crippen LogP contribution in [-0.2, 0) is 0 Å². The number of carbonyl (C=O) groups excluding carboxylic acids is 1. The Morgan fingerprint density at radius 2 is 2.08 bits per heavy atom. The highest BCUT2D eigenvalue weighted by Crippen LogP contribution is 2.38. The first-order valence-corrected chi connectivity index (χ1v) is 5.33. The molecule has 0 aromatic carbocycles. The monoisotopic (exact) mass is 201 g/mol. The molecule has 2 atom stereocenters. The van der Waals surface area contributed by atoms with Crippen molar-refractivity contribution < 1.29 is 4.79 Å². The smallest absolute Gasteiger partial charge is 0.276 e. The zero-order chi connectivity index (χ0) is 10.1. The van der Waals surface area contributed by atoms with Gasteiger partial charge in [-0.2, -0.15) is 0 Å². The molecule has 1 amide bonds. The Morgan fingerprint density at radius 1 is 1.46 bits per heavy atom. The van der Waals surface area contributed by atoms with Gasteiger partial charge in [0.25, 0.3) is 5.24 Å². The van der Waals surface area contributed by atoms with E-state index in [9.17, 15) is 4.79 Å². The molecule has 1 rings (SSSR count). The van der Waals surface area contributed by atoms with Gasteiger partial charge in [-0.3, -0.25) is 4.79 Å². The van der Waals surface area contributed by atoms with E-state index < -0.39 is 0 Å². The topological polar surface area (TPSA) is 29.1 Å². The maximum absolute atomic E-state index is 10.8. The van der Waals surface area contributed by atoms with Crippen molar-refractivity contribution >= 4 is 17.9 Å². The van der Waals surface area contributed by atoms with Crippen LogP contribution < -0.4 is 5.32 Å². The fraction of sp³-hybridized carbons (Fsp3) is 0.900. The molecule has 1 saturated carbocycles. The van der Waals surface area contributed by atoms with Crippen LogP contribution in [0, 0.1) is 11.3 Å². The average molecular weight is 201 g/mol. The summed E-state index contributed by atoms with van der Waals surface area (Å²) in [5, 5.41) is 2.69. The molecule has 0 saturated heterocycles. The van der Waals surface area contributed by atoms with E-state index in [0.29, 0.717) is 17.4 Å². The van der Waals surface area contributed by atoms with Crippen LogP contribution in [0.5, 0.6) is 0 Å². The van der Waals surface area contributed by atoms with Gasteiger partial charge in [-0.05, 0) is 30.6 Å². The van der Waals surface area contributed by atoms with Crippen molar-refractivity contribution in [1.29, 1.82) is 0 Å². The van der Waals surface area contributed by atoms with Gasteiger partial charge in [0.05, 0.1) is 0 Å². The van der Waals surface area contributed by atoms with Crippen molar-refractivity contribution in [2.24, 2.45) is 11.3 Å². The lowest BCUT2D eigenvalue weighted by atomic mass is 9.71. The van der Waals surface area contributed by atoms with Crippen molar-refractivity contribution in [3.8, 4) is 0 Å². The highest BCUT2D eigenvalue weighted by Gasteiger charge is 2.32. The van der Waals surface area contributed by atoms with Gasteiger partial charge in [-0.1, -0.05) is 33.4 Å². The van der Waals surface area contributed by atoms with Crippen LogP contribution in [0.4, 0.5) is 4.79 Å². The third kappa shape index (κ3) is 3.59. The Kier molecular flexibility index (Phi) is 3.28. The van der Waals surface area contributed by atoms with Crippen molar-refractivity contribution in [2.45, 2.75) is 46.1 Å². The molecular formula is C10H19NOS. The number of amides is 1. The molecule has 2 unspecified atom stereocenters. The number of hydrogen-bond acceptors (Lipinski definition) is 1. The number of hydrogen-bond donors (Lipinski definition) is 2. The number of rotatable bonds is 1. The van der Waals surface area contributed by atoms with Gasteiger partial charge in [0, 0.05) is 6.04 Å². The number of thiol groups is 1. The van der Waals surface area contributed by atoms with E-state index in [0.717, 1.165) is 12.8 Å². The summed E-state index contributed by atoms with van der Waals surface area (Å²) in [7, 11) is 0. The first kappa shape index (κ1) is 10.9. The zero-order valence-electron chi connectivity index (χ0n) is 8.63. The third-order valence-corrected chi connectivity index (χ3v) is 2.84. The number of nitrogens with one attached hydrogen (secondary N) is 1. The molecule has 0 aromatic heterocycles. The summed E-state index contributed by atoms with van der Waals surface area (Å²) in [6, 6.07) is 0.323. The van der Waals surface area contributed by atoms with Crippen molar-refractivity contribution in [1.82, 2.24) is 5.32 Å². The number of carbonyl (C=O) groups is 1. The molecule has 0 aliphatic heterocycles. The summed E-state index contributed by atoms with van der Waals surface area (Å²) in [4.78, 5) is 10.8. The first-order valence-electron chi connectivity index (χ1n) is 4.88. The second kappa shape index (κ2) is 3.91. The largest absolute Gasteiger partial charge is 0.344 e. The van der Waals surface area contributed by atoms with E-state index in [2.05, 4.69) is 38.7 Å². The van der Waals surface area contributed by atoms with Crippen LogP contribution in [-0.4, -0.2) is 11.3 Å². The molecule has 3 heteroatoms. The summed E-state index contributed by atoms with van der Waals surface area (Å²) in [6.07, 6.45) is 3.42. The minimum Gasteiger partial charge on any atom is -0.344 e. The Balaban J connectivity index is 2.52. The molecule has 0 aromatic rings. The van der Waals surface area contributed by atoms with E-state index in [1.54, 1.807) is 0 Å². The van der Waals surface area contributed by atoms with Crippen molar-refractivity contribution in [3.05, 3.63) is 0 Å². The van der Waals surface area contributed by atoms with Crippen LogP contribution in [0.2, 0.25) is 0 Å². The van der Waals surface area contributed by atoms with Crippen LogP contribution in [0.3, 0.4) is 0 Å². The molecule has 2 nitrogen and oxygen atoms in total. The maximum Gasteiger partial charge on any atom is 0.276 e. The molecule has 76 valence electrons. The lowest BCUT2D eigenvalue weighted by molar-refractivity contribution is 0.156. The highest BCUT2D eigenvalue weighted by atomic mass is 32.1. The molecular weight excluding hydrogens is 182 g/mol. The lowest BCUT2D eigenvalue weighted by Gasteiger charge is -2.38. The Labute approximate surface area is 85.9 Å². The Bertz CT molecular complexity index is 203. The van der Waals surface area contributed by atoms with Gasteiger partial charge in [0.1, 0.15) is 0 Å². The summed E-state index contributed by atoms with van der Waals surface area (Å²) in [5.74, 6) is 0.703. The van der Waals surface area contributed by atoms with Crippen LogP contribution in [0.15, 0.2) is 0 Å². The van der Waals surface area contributed by atoms with E-state index in [1.165, 1.54) is 6.42 Å². The predicted octanol–water partition coefficient (Wildman–Crippen LogP) is 2.84. The van der Waals surface area contributed by atoms with Gasteiger partial charge >= 0.3 is 0 Å². The summed E-state index contributed by atoms with van der Waals surface area (Å²) < 4.78 is 0. The van der Waals surface area contributed by atoms with Crippen LogP contribution in [0.1, 0.15) is 40.0 Å². The molecule has 0 spiro atoms. The summed E-state index contributed by atoms with van der Waals surface area (Å²) in [5.41, 5.74) is 0.360. The molecule has 1 fully saturated rings. The summed E-state index contributed by atoms with van der Waals surface area (Å²) >= 11 is 3.74. The van der Waals surface area contributed by atoms with Crippen LogP contribution >= 0.6 is 12.6 Å².